The number of aromatic nitrogens is 4. The molecule has 29 heavy (non-hydrogen) atoms. The van der Waals surface area contributed by atoms with Crippen LogP contribution in [-0.2, 0) is 36.5 Å². The van der Waals surface area contributed by atoms with Crippen molar-refractivity contribution < 1.29 is 8.42 Å². The number of nitrogens with zero attached hydrogens (tertiary/aromatic N) is 5. The van der Waals surface area contributed by atoms with Crippen LogP contribution in [0.15, 0.2) is 23.7 Å². The fourth-order valence-corrected chi connectivity index (χ4v) is 6.23. The first-order valence-corrected chi connectivity index (χ1v) is 12.5. The fourth-order valence-electron chi connectivity index (χ4n) is 4.38. The Morgan fingerprint density at radius 1 is 1.07 bits per heavy atom. The molecule has 160 valence electrons. The van der Waals surface area contributed by atoms with Crippen LogP contribution in [0.25, 0.3) is 0 Å². The Morgan fingerprint density at radius 2 is 1.83 bits per heavy atom. The van der Waals surface area contributed by atoms with Gasteiger partial charge in [0.25, 0.3) is 0 Å². The van der Waals surface area contributed by atoms with E-state index in [9.17, 15) is 8.42 Å². The Hall–Kier alpha value is -1.67. The van der Waals surface area contributed by atoms with Crippen molar-refractivity contribution in [1.82, 2.24) is 24.0 Å². The molecule has 0 saturated heterocycles. The van der Waals surface area contributed by atoms with Crippen molar-refractivity contribution >= 4 is 9.84 Å². The molecular weight excluding hydrogens is 386 g/mol. The Balaban J connectivity index is 1.55. The lowest BCUT2D eigenvalue weighted by atomic mass is 9.89. The minimum Gasteiger partial charge on any atom is -0.337 e. The van der Waals surface area contributed by atoms with E-state index in [0.29, 0.717) is 24.9 Å². The molecule has 7 nitrogen and oxygen atoms in total. The van der Waals surface area contributed by atoms with Crippen LogP contribution in [0.4, 0.5) is 0 Å². The summed E-state index contributed by atoms with van der Waals surface area (Å²) in [4.78, 5) is 11.0. The van der Waals surface area contributed by atoms with Gasteiger partial charge in [-0.3, -0.25) is 4.90 Å². The molecule has 2 aliphatic rings. The first-order chi connectivity index (χ1) is 13.9. The van der Waals surface area contributed by atoms with Gasteiger partial charge in [-0.1, -0.05) is 19.3 Å². The first-order valence-electron chi connectivity index (χ1n) is 10.8. The molecule has 0 bridgehead atoms. The van der Waals surface area contributed by atoms with Crippen LogP contribution in [0.3, 0.4) is 0 Å². The molecule has 2 fully saturated rings. The van der Waals surface area contributed by atoms with Gasteiger partial charge in [0.05, 0.1) is 24.2 Å². The topological polar surface area (TPSA) is 73.0 Å². The molecule has 2 aliphatic carbocycles. The molecule has 0 atom stereocenters. The summed E-state index contributed by atoms with van der Waals surface area (Å²) in [6.45, 7) is 2.14. The molecule has 8 heteroatoms. The van der Waals surface area contributed by atoms with E-state index >= 15 is 0 Å². The second-order valence-corrected chi connectivity index (χ2v) is 10.9. The summed E-state index contributed by atoms with van der Waals surface area (Å²) >= 11 is 0. The van der Waals surface area contributed by atoms with Crippen LogP contribution in [0.2, 0.25) is 0 Å². The second kappa shape index (κ2) is 8.60. The number of aryl methyl sites for hydroxylation is 1. The molecule has 0 aliphatic heterocycles. The van der Waals surface area contributed by atoms with Gasteiger partial charge in [0.1, 0.15) is 5.82 Å². The van der Waals surface area contributed by atoms with Crippen molar-refractivity contribution in [2.45, 2.75) is 69.7 Å². The van der Waals surface area contributed by atoms with Gasteiger partial charge in [-0.25, -0.2) is 18.4 Å². The van der Waals surface area contributed by atoms with E-state index in [1.807, 2.05) is 29.4 Å². The lowest BCUT2D eigenvalue weighted by molar-refractivity contribution is 0.277. The number of imidazole rings is 2. The maximum atomic E-state index is 13.0. The van der Waals surface area contributed by atoms with E-state index in [2.05, 4.69) is 14.9 Å². The standard InChI is InChI=1S/C21H33N5O2S/c1-24(15-20-22-10-11-25(20)2)14-19-12-23-21(29(27,28)16-18-8-9-18)26(19)13-17-6-4-3-5-7-17/h10-12,17-18H,3-9,13-16H2,1-2H3. The Morgan fingerprint density at radius 3 is 2.48 bits per heavy atom. The van der Waals surface area contributed by atoms with Crippen LogP contribution in [0.1, 0.15) is 56.5 Å². The average Bonchev–Trinajstić information content (AvgIpc) is 3.26. The summed E-state index contributed by atoms with van der Waals surface area (Å²) in [6.07, 6.45) is 13.7. The lowest BCUT2D eigenvalue weighted by Gasteiger charge is -2.25. The molecule has 0 radical (unpaired) electrons. The number of hydrogen-bond donors (Lipinski definition) is 0. The normalized spacial score (nSPS) is 18.6. The van der Waals surface area contributed by atoms with Crippen molar-refractivity contribution in [2.24, 2.45) is 18.9 Å². The van der Waals surface area contributed by atoms with E-state index in [-0.39, 0.29) is 10.9 Å². The molecule has 2 saturated carbocycles. The predicted octanol–water partition coefficient (Wildman–Crippen LogP) is 3.01. The van der Waals surface area contributed by atoms with Gasteiger partial charge in [-0.2, -0.15) is 0 Å². The highest BCUT2D eigenvalue weighted by atomic mass is 32.2. The van der Waals surface area contributed by atoms with Crippen molar-refractivity contribution in [3.05, 3.63) is 30.1 Å². The van der Waals surface area contributed by atoms with Crippen LogP contribution < -0.4 is 0 Å². The minimum atomic E-state index is -3.33. The Labute approximate surface area is 174 Å². The highest BCUT2D eigenvalue weighted by molar-refractivity contribution is 7.91. The molecule has 0 aromatic carbocycles. The maximum absolute atomic E-state index is 13.0. The van der Waals surface area contributed by atoms with Crippen molar-refractivity contribution in [3.63, 3.8) is 0 Å². The summed E-state index contributed by atoms with van der Waals surface area (Å²) < 4.78 is 30.1. The van der Waals surface area contributed by atoms with Gasteiger partial charge >= 0.3 is 0 Å². The average molecular weight is 420 g/mol. The molecule has 0 spiro atoms. The number of sulfone groups is 1. The quantitative estimate of drug-likeness (QED) is 0.625. The molecule has 0 amide bonds. The van der Waals surface area contributed by atoms with Gasteiger partial charge in [-0.05, 0) is 44.6 Å². The van der Waals surface area contributed by atoms with E-state index in [1.165, 1.54) is 32.1 Å². The van der Waals surface area contributed by atoms with Crippen LogP contribution in [0.5, 0.6) is 0 Å². The summed E-state index contributed by atoms with van der Waals surface area (Å²) in [5.74, 6) is 2.12. The third-order valence-electron chi connectivity index (χ3n) is 6.26. The van der Waals surface area contributed by atoms with Crippen LogP contribution >= 0.6 is 0 Å². The highest BCUT2D eigenvalue weighted by Crippen LogP contribution is 2.33. The van der Waals surface area contributed by atoms with E-state index in [0.717, 1.165) is 30.9 Å². The van der Waals surface area contributed by atoms with Gasteiger partial charge in [-0.15, -0.1) is 0 Å². The van der Waals surface area contributed by atoms with Crippen LogP contribution in [0, 0.1) is 11.8 Å². The highest BCUT2D eigenvalue weighted by Gasteiger charge is 2.33. The second-order valence-electron chi connectivity index (χ2n) is 9.00. The molecule has 2 aromatic heterocycles. The molecular formula is C21H33N5O2S. The predicted molar refractivity (Wildman–Crippen MR) is 112 cm³/mol. The SMILES string of the molecule is CN(Cc1nccn1C)Cc1cnc(S(=O)(=O)CC2CC2)n1CC1CCCCC1. The smallest absolute Gasteiger partial charge is 0.227 e. The zero-order valence-electron chi connectivity index (χ0n) is 17.6. The summed E-state index contributed by atoms with van der Waals surface area (Å²) in [5.41, 5.74) is 0.988. The third-order valence-corrected chi connectivity index (χ3v) is 8.05. The maximum Gasteiger partial charge on any atom is 0.227 e. The van der Waals surface area contributed by atoms with Gasteiger partial charge in [0, 0.05) is 32.5 Å². The molecule has 2 heterocycles. The molecule has 2 aromatic rings. The lowest BCUT2D eigenvalue weighted by Crippen LogP contribution is -2.25. The zero-order chi connectivity index (χ0) is 20.4. The largest absolute Gasteiger partial charge is 0.337 e. The van der Waals surface area contributed by atoms with Crippen molar-refractivity contribution in [1.29, 1.82) is 0 Å². The Kier molecular flexibility index (Phi) is 6.11. The van der Waals surface area contributed by atoms with Gasteiger partial charge in [0.2, 0.25) is 15.0 Å². The third kappa shape index (κ3) is 5.09. The van der Waals surface area contributed by atoms with Gasteiger partial charge < -0.3 is 9.13 Å². The molecule has 0 N–H and O–H groups in total. The summed E-state index contributed by atoms with van der Waals surface area (Å²) in [7, 11) is 0.706. The van der Waals surface area contributed by atoms with E-state index < -0.39 is 9.84 Å². The van der Waals surface area contributed by atoms with E-state index in [4.69, 9.17) is 0 Å². The minimum absolute atomic E-state index is 0.247. The monoisotopic (exact) mass is 419 g/mol. The van der Waals surface area contributed by atoms with Crippen molar-refractivity contribution in [2.75, 3.05) is 12.8 Å². The van der Waals surface area contributed by atoms with Crippen molar-refractivity contribution in [3.8, 4) is 0 Å². The summed E-state index contributed by atoms with van der Waals surface area (Å²) in [6, 6.07) is 0. The zero-order valence-corrected chi connectivity index (χ0v) is 18.4. The Bertz CT molecular complexity index is 923. The summed E-state index contributed by atoms with van der Waals surface area (Å²) in [5, 5.41) is 0.287. The van der Waals surface area contributed by atoms with Crippen LogP contribution in [-0.4, -0.2) is 45.2 Å². The number of hydrogen-bond acceptors (Lipinski definition) is 5. The molecule has 0 unspecified atom stereocenters. The fraction of sp³-hybridized carbons (Fsp3) is 0.714. The number of rotatable bonds is 9. The van der Waals surface area contributed by atoms with E-state index in [1.54, 1.807) is 12.4 Å². The first kappa shape index (κ1) is 20.6. The molecule has 4 rings (SSSR count). The van der Waals surface area contributed by atoms with Gasteiger partial charge in [0.15, 0.2) is 0 Å².